The molecule has 2 saturated carbocycles. The fraction of sp³-hybridized carbons (Fsp3) is 1.00. The fourth-order valence-electron chi connectivity index (χ4n) is 10.2. The molecule has 1 unspecified atom stereocenters. The van der Waals surface area contributed by atoms with Crippen molar-refractivity contribution >= 4 is 8.45 Å². The third-order valence-corrected chi connectivity index (χ3v) is 13.7. The molecule has 3 heterocycles. The van der Waals surface area contributed by atoms with Crippen LogP contribution in [0.4, 0.5) is 0 Å². The molecule has 3 saturated heterocycles. The van der Waals surface area contributed by atoms with Gasteiger partial charge in [-0.15, -0.1) is 0 Å². The number of nitrogens with one attached hydrogen (secondary N) is 1. The second kappa shape index (κ2) is 12.9. The number of piperidine rings is 2. The number of nitrogens with zero attached hydrogens (tertiary/aromatic N) is 3. The second-order valence-electron chi connectivity index (χ2n) is 18.7. The van der Waals surface area contributed by atoms with Crippen LogP contribution in [0.1, 0.15) is 166 Å². The van der Waals surface area contributed by atoms with E-state index in [4.69, 9.17) is 14.2 Å². The molecule has 3 aliphatic heterocycles. The molecule has 256 valence electrons. The predicted molar refractivity (Wildman–Crippen MR) is 183 cm³/mol. The zero-order valence-corrected chi connectivity index (χ0v) is 31.5. The maximum Gasteiger partial charge on any atom is 0.186 e. The molecule has 0 aromatic heterocycles. The van der Waals surface area contributed by atoms with Gasteiger partial charge in [0.05, 0.1) is 18.8 Å². The van der Waals surface area contributed by atoms with Crippen molar-refractivity contribution in [2.45, 2.75) is 211 Å². The standard InChI is InChI=1S/C36H69N4O3P/c1-31(2,3)38-22-23-41-44(38)37-36(26-34(8,9)40(35(10,11)27-36)43-30-20-16-13-17-21-30)28-24-32(4,5)39(33(6,7)25-28)42-29-18-14-12-15-19-29/h28-30,37H,12-27H2,1-11H3. The van der Waals surface area contributed by atoms with Crippen LogP contribution in [0.2, 0.25) is 0 Å². The van der Waals surface area contributed by atoms with Gasteiger partial charge in [-0.05, 0) is 133 Å². The summed E-state index contributed by atoms with van der Waals surface area (Å²) in [6.07, 6.45) is 17.6. The van der Waals surface area contributed by atoms with E-state index < -0.39 is 8.45 Å². The second-order valence-corrected chi connectivity index (χ2v) is 20.2. The normalized spacial score (nSPS) is 32.7. The average Bonchev–Trinajstić information content (AvgIpc) is 3.37. The van der Waals surface area contributed by atoms with Crippen molar-refractivity contribution in [1.82, 2.24) is 19.9 Å². The third kappa shape index (κ3) is 7.56. The average molecular weight is 637 g/mol. The maximum absolute atomic E-state index is 7.01. The number of hydroxylamine groups is 4. The van der Waals surface area contributed by atoms with Gasteiger partial charge in [-0.3, -0.25) is 14.8 Å². The third-order valence-electron chi connectivity index (χ3n) is 11.4. The Kier molecular flexibility index (Phi) is 10.4. The Hall–Kier alpha value is 0.150. The lowest BCUT2D eigenvalue weighted by Crippen LogP contribution is -2.73. The molecule has 0 aromatic carbocycles. The van der Waals surface area contributed by atoms with Gasteiger partial charge in [-0.1, -0.05) is 38.5 Å². The van der Waals surface area contributed by atoms with E-state index in [1.54, 1.807) is 0 Å². The van der Waals surface area contributed by atoms with Crippen molar-refractivity contribution in [1.29, 1.82) is 0 Å². The lowest BCUT2D eigenvalue weighted by molar-refractivity contribution is -0.332. The monoisotopic (exact) mass is 637 g/mol. The largest absolute Gasteiger partial charge is 0.330 e. The topological polar surface area (TPSA) is 49.4 Å². The minimum Gasteiger partial charge on any atom is -0.330 e. The Bertz CT molecular complexity index is 931. The molecule has 0 bridgehead atoms. The summed E-state index contributed by atoms with van der Waals surface area (Å²) in [7, 11) is -0.914. The van der Waals surface area contributed by atoms with E-state index >= 15 is 0 Å². The summed E-state index contributed by atoms with van der Waals surface area (Å²) in [6.45, 7) is 28.3. The predicted octanol–water partition coefficient (Wildman–Crippen LogP) is 9.12. The lowest BCUT2D eigenvalue weighted by Gasteiger charge is -2.65. The number of hydrogen-bond donors (Lipinski definition) is 1. The Labute approximate surface area is 272 Å². The van der Waals surface area contributed by atoms with Gasteiger partial charge in [0.1, 0.15) is 0 Å². The van der Waals surface area contributed by atoms with E-state index in [0.717, 1.165) is 38.8 Å². The van der Waals surface area contributed by atoms with E-state index in [9.17, 15) is 0 Å². The first-order valence-electron chi connectivity index (χ1n) is 18.3. The number of hydrogen-bond acceptors (Lipinski definition) is 7. The SMILES string of the molecule is CC(C)(C)N1CCOP1NC1(C2CC(C)(C)N(OC3CCCCC3)C(C)(C)C2)CC(C)(C)N(OC2CCCCC2)C(C)(C)C1. The van der Waals surface area contributed by atoms with E-state index in [-0.39, 0.29) is 33.2 Å². The minimum absolute atomic E-state index is 0.0575. The summed E-state index contributed by atoms with van der Waals surface area (Å²) in [5.74, 6) is 0.475. The quantitative estimate of drug-likeness (QED) is 0.280. The molecule has 5 aliphatic rings. The van der Waals surface area contributed by atoms with Gasteiger partial charge in [0, 0.05) is 39.8 Å². The molecule has 0 radical (unpaired) electrons. The van der Waals surface area contributed by atoms with Gasteiger partial charge < -0.3 is 4.52 Å². The first kappa shape index (κ1) is 35.5. The van der Waals surface area contributed by atoms with Gasteiger partial charge in [-0.25, -0.2) is 4.67 Å². The highest BCUT2D eigenvalue weighted by atomic mass is 31.2. The highest BCUT2D eigenvalue weighted by Gasteiger charge is 2.61. The Morgan fingerprint density at radius 2 is 1.09 bits per heavy atom. The van der Waals surface area contributed by atoms with Gasteiger partial charge in [0.25, 0.3) is 0 Å². The van der Waals surface area contributed by atoms with Crippen molar-refractivity contribution in [3.63, 3.8) is 0 Å². The van der Waals surface area contributed by atoms with Crippen LogP contribution in [0.5, 0.6) is 0 Å². The van der Waals surface area contributed by atoms with Crippen molar-refractivity contribution in [3.05, 3.63) is 0 Å². The molecule has 2 aliphatic carbocycles. The van der Waals surface area contributed by atoms with E-state index in [0.29, 0.717) is 18.1 Å². The van der Waals surface area contributed by atoms with Crippen LogP contribution in [-0.2, 0) is 14.2 Å². The summed E-state index contributed by atoms with van der Waals surface area (Å²) in [5, 5.41) is 9.28. The molecule has 1 N–H and O–H groups in total. The number of rotatable bonds is 7. The van der Waals surface area contributed by atoms with E-state index in [1.807, 2.05) is 0 Å². The van der Waals surface area contributed by atoms with Crippen molar-refractivity contribution in [2.24, 2.45) is 5.92 Å². The molecule has 5 rings (SSSR count). The zero-order valence-electron chi connectivity index (χ0n) is 30.6. The summed E-state index contributed by atoms with van der Waals surface area (Å²) in [4.78, 5) is 14.0. The van der Waals surface area contributed by atoms with Crippen LogP contribution < -0.4 is 5.09 Å². The van der Waals surface area contributed by atoms with E-state index in [2.05, 4.69) is 96.0 Å². The van der Waals surface area contributed by atoms with Crippen LogP contribution in [0, 0.1) is 5.92 Å². The van der Waals surface area contributed by atoms with Gasteiger partial charge in [0.15, 0.2) is 8.45 Å². The fourth-order valence-corrected chi connectivity index (χ4v) is 12.3. The van der Waals surface area contributed by atoms with Crippen LogP contribution >= 0.6 is 8.45 Å². The molecule has 0 aromatic rings. The first-order valence-corrected chi connectivity index (χ1v) is 19.5. The smallest absolute Gasteiger partial charge is 0.186 e. The Balaban J connectivity index is 1.47. The molecule has 0 amide bonds. The Morgan fingerprint density at radius 3 is 1.52 bits per heavy atom. The first-order chi connectivity index (χ1) is 20.3. The van der Waals surface area contributed by atoms with Gasteiger partial charge in [-0.2, -0.15) is 10.1 Å². The molecule has 1 atom stereocenters. The summed E-state index contributed by atoms with van der Waals surface area (Å²) < 4.78 is 9.22. The molecule has 7 nitrogen and oxygen atoms in total. The minimum atomic E-state index is -0.914. The summed E-state index contributed by atoms with van der Waals surface area (Å²) in [6, 6.07) is 0. The van der Waals surface area contributed by atoms with Crippen molar-refractivity contribution < 1.29 is 14.2 Å². The van der Waals surface area contributed by atoms with Crippen LogP contribution in [0.15, 0.2) is 0 Å². The van der Waals surface area contributed by atoms with Crippen LogP contribution in [-0.4, -0.2) is 73.4 Å². The Morgan fingerprint density at radius 1 is 0.659 bits per heavy atom. The highest BCUT2D eigenvalue weighted by Crippen LogP contribution is 2.58. The van der Waals surface area contributed by atoms with E-state index in [1.165, 1.54) is 64.2 Å². The lowest BCUT2D eigenvalue weighted by atomic mass is 9.59. The molecular weight excluding hydrogens is 567 g/mol. The van der Waals surface area contributed by atoms with Crippen LogP contribution in [0.25, 0.3) is 0 Å². The molecule has 44 heavy (non-hydrogen) atoms. The highest BCUT2D eigenvalue weighted by molar-refractivity contribution is 7.48. The molecule has 0 spiro atoms. The molecule has 8 heteroatoms. The maximum atomic E-state index is 7.01. The molecule has 5 fully saturated rings. The zero-order chi connectivity index (χ0) is 32.2. The summed E-state index contributed by atoms with van der Waals surface area (Å²) in [5.41, 5.74) is -0.436. The molecular formula is C36H69N4O3P. The van der Waals surface area contributed by atoms with Gasteiger partial charge >= 0.3 is 0 Å². The van der Waals surface area contributed by atoms with Gasteiger partial charge in [0.2, 0.25) is 0 Å². The summed E-state index contributed by atoms with van der Waals surface area (Å²) >= 11 is 0. The van der Waals surface area contributed by atoms with Crippen molar-refractivity contribution in [3.8, 4) is 0 Å². The van der Waals surface area contributed by atoms with Crippen LogP contribution in [0.3, 0.4) is 0 Å². The van der Waals surface area contributed by atoms with Crippen molar-refractivity contribution in [2.75, 3.05) is 13.2 Å².